The van der Waals surface area contributed by atoms with Gasteiger partial charge in [0.2, 0.25) is 0 Å². The predicted molar refractivity (Wildman–Crippen MR) is 107 cm³/mol. The molecule has 0 N–H and O–H groups in total. The Morgan fingerprint density at radius 1 is 1.00 bits per heavy atom. The van der Waals surface area contributed by atoms with Gasteiger partial charge in [-0.25, -0.2) is 0 Å². The van der Waals surface area contributed by atoms with E-state index in [0.29, 0.717) is 25.4 Å². The van der Waals surface area contributed by atoms with Gasteiger partial charge in [-0.2, -0.15) is 9.90 Å². The van der Waals surface area contributed by atoms with Crippen LogP contribution in [0.3, 0.4) is 0 Å². The van der Waals surface area contributed by atoms with Crippen LogP contribution in [-0.4, -0.2) is 58.6 Å². The molecule has 0 saturated carbocycles. The van der Waals surface area contributed by atoms with Crippen molar-refractivity contribution >= 4 is 11.6 Å². The summed E-state index contributed by atoms with van der Waals surface area (Å²) in [5, 5.41) is 8.58. The van der Waals surface area contributed by atoms with E-state index >= 15 is 0 Å². The summed E-state index contributed by atoms with van der Waals surface area (Å²) in [5.74, 6) is 0.801. The first-order valence-electron chi connectivity index (χ1n) is 9.50. The van der Waals surface area contributed by atoms with E-state index < -0.39 is 0 Å². The van der Waals surface area contributed by atoms with Crippen LogP contribution in [-0.2, 0) is 0 Å². The zero-order chi connectivity index (χ0) is 19.3. The monoisotopic (exact) mass is 377 g/mol. The van der Waals surface area contributed by atoms with Crippen molar-refractivity contribution < 1.29 is 9.53 Å². The maximum absolute atomic E-state index is 12.8. The van der Waals surface area contributed by atoms with E-state index in [-0.39, 0.29) is 5.91 Å². The summed E-state index contributed by atoms with van der Waals surface area (Å²) >= 11 is 0. The second-order valence-electron chi connectivity index (χ2n) is 6.53. The summed E-state index contributed by atoms with van der Waals surface area (Å²) < 4.78 is 5.74. The van der Waals surface area contributed by atoms with Crippen LogP contribution in [0.2, 0.25) is 0 Å². The minimum absolute atomic E-state index is 0.0834. The number of para-hydroxylation sites is 3. The van der Waals surface area contributed by atoms with Gasteiger partial charge in [0, 0.05) is 26.2 Å². The van der Waals surface area contributed by atoms with E-state index in [9.17, 15) is 4.79 Å². The molecule has 1 aliphatic heterocycles. The molecule has 7 heteroatoms. The Labute approximate surface area is 164 Å². The maximum atomic E-state index is 12.8. The number of aromatic nitrogens is 3. The minimum atomic E-state index is -0.0834. The van der Waals surface area contributed by atoms with Gasteiger partial charge in [0.25, 0.3) is 5.91 Å². The zero-order valence-corrected chi connectivity index (χ0v) is 15.9. The third-order valence-corrected chi connectivity index (χ3v) is 4.77. The van der Waals surface area contributed by atoms with Crippen molar-refractivity contribution in [3.05, 3.63) is 66.5 Å². The molecule has 0 aliphatic carbocycles. The van der Waals surface area contributed by atoms with Crippen LogP contribution in [0.4, 0.5) is 5.69 Å². The van der Waals surface area contributed by atoms with Gasteiger partial charge in [-0.1, -0.05) is 30.3 Å². The summed E-state index contributed by atoms with van der Waals surface area (Å²) in [4.78, 5) is 18.4. The van der Waals surface area contributed by atoms with Gasteiger partial charge in [0.1, 0.15) is 5.75 Å². The Balaban J connectivity index is 1.42. The van der Waals surface area contributed by atoms with E-state index in [1.54, 1.807) is 0 Å². The second-order valence-corrected chi connectivity index (χ2v) is 6.53. The highest BCUT2D eigenvalue weighted by atomic mass is 16.5. The molecule has 0 atom stereocenters. The number of anilines is 1. The van der Waals surface area contributed by atoms with Crippen molar-refractivity contribution in [3.8, 4) is 11.4 Å². The summed E-state index contributed by atoms with van der Waals surface area (Å²) in [6, 6.07) is 17.6. The third kappa shape index (κ3) is 3.69. The van der Waals surface area contributed by atoms with E-state index in [2.05, 4.69) is 21.2 Å². The lowest BCUT2D eigenvalue weighted by molar-refractivity contribution is 0.0740. The smallest absolute Gasteiger partial charge is 0.276 e. The molecule has 2 aromatic carbocycles. The van der Waals surface area contributed by atoms with Gasteiger partial charge in [0.05, 0.1) is 24.2 Å². The van der Waals surface area contributed by atoms with Crippen molar-refractivity contribution in [2.24, 2.45) is 0 Å². The van der Waals surface area contributed by atoms with Crippen molar-refractivity contribution in [1.82, 2.24) is 19.9 Å². The van der Waals surface area contributed by atoms with Crippen LogP contribution in [0.15, 0.2) is 60.8 Å². The molecule has 0 radical (unpaired) electrons. The number of hydrogen-bond acceptors (Lipinski definition) is 5. The van der Waals surface area contributed by atoms with Gasteiger partial charge < -0.3 is 14.5 Å². The number of benzene rings is 2. The average Bonchev–Trinajstić information content (AvgIpc) is 3.25. The van der Waals surface area contributed by atoms with E-state index in [1.807, 2.05) is 60.4 Å². The molecule has 0 spiro atoms. The highest BCUT2D eigenvalue weighted by molar-refractivity contribution is 5.92. The molecule has 7 nitrogen and oxygen atoms in total. The molecule has 4 rings (SSSR count). The molecule has 3 aromatic rings. The molecule has 28 heavy (non-hydrogen) atoms. The molecular weight excluding hydrogens is 354 g/mol. The van der Waals surface area contributed by atoms with Gasteiger partial charge in [-0.05, 0) is 31.2 Å². The van der Waals surface area contributed by atoms with Crippen molar-refractivity contribution in [2.75, 3.05) is 37.7 Å². The van der Waals surface area contributed by atoms with Crippen LogP contribution in [0.5, 0.6) is 5.75 Å². The fourth-order valence-corrected chi connectivity index (χ4v) is 3.36. The normalized spacial score (nSPS) is 14.2. The Bertz CT molecular complexity index is 933. The van der Waals surface area contributed by atoms with E-state index in [1.165, 1.54) is 11.0 Å². The lowest BCUT2D eigenvalue weighted by atomic mass is 10.2. The summed E-state index contributed by atoms with van der Waals surface area (Å²) in [5.41, 5.74) is 2.28. The quantitative estimate of drug-likeness (QED) is 0.684. The second kappa shape index (κ2) is 8.12. The van der Waals surface area contributed by atoms with Gasteiger partial charge in [0.15, 0.2) is 5.69 Å². The van der Waals surface area contributed by atoms with Gasteiger partial charge >= 0.3 is 0 Å². The van der Waals surface area contributed by atoms with Crippen LogP contribution in [0.1, 0.15) is 17.4 Å². The third-order valence-electron chi connectivity index (χ3n) is 4.77. The number of carbonyl (C=O) groups is 1. The van der Waals surface area contributed by atoms with Crippen LogP contribution < -0.4 is 9.64 Å². The molecule has 144 valence electrons. The predicted octanol–water partition coefficient (Wildman–Crippen LogP) is 2.63. The van der Waals surface area contributed by atoms with E-state index in [4.69, 9.17) is 4.74 Å². The van der Waals surface area contributed by atoms with Crippen LogP contribution in [0, 0.1) is 0 Å². The Morgan fingerprint density at radius 3 is 2.46 bits per heavy atom. The van der Waals surface area contributed by atoms with Gasteiger partial charge in [-0.15, -0.1) is 5.10 Å². The Kier molecular flexibility index (Phi) is 5.23. The first-order chi connectivity index (χ1) is 13.8. The molecule has 1 saturated heterocycles. The van der Waals surface area contributed by atoms with E-state index in [0.717, 1.165) is 30.2 Å². The first kappa shape index (κ1) is 18.0. The largest absolute Gasteiger partial charge is 0.492 e. The van der Waals surface area contributed by atoms with Crippen molar-refractivity contribution in [2.45, 2.75) is 6.92 Å². The molecule has 1 aliphatic rings. The van der Waals surface area contributed by atoms with Crippen LogP contribution >= 0.6 is 0 Å². The molecular formula is C21H23N5O2. The number of piperazine rings is 1. The number of carbonyl (C=O) groups excluding carboxylic acids is 1. The number of nitrogens with zero attached hydrogens (tertiary/aromatic N) is 5. The lowest BCUT2D eigenvalue weighted by Gasteiger charge is -2.36. The topological polar surface area (TPSA) is 63.5 Å². The zero-order valence-electron chi connectivity index (χ0n) is 15.9. The highest BCUT2D eigenvalue weighted by Crippen LogP contribution is 2.28. The Hall–Kier alpha value is -3.35. The maximum Gasteiger partial charge on any atom is 0.276 e. The number of rotatable bonds is 5. The number of amides is 1. The number of ether oxygens (including phenoxy) is 1. The molecule has 1 amide bonds. The number of hydrogen-bond donors (Lipinski definition) is 0. The summed E-state index contributed by atoms with van der Waals surface area (Å²) in [6.07, 6.45) is 1.53. The molecule has 0 bridgehead atoms. The van der Waals surface area contributed by atoms with Gasteiger partial charge in [-0.3, -0.25) is 4.79 Å². The molecule has 0 unspecified atom stereocenters. The standard InChI is InChI=1S/C21H23N5O2/c1-2-28-20-11-7-6-10-19(20)24-12-14-25(15-13-24)21(27)18-16-22-26(23-18)17-8-4-3-5-9-17/h3-11,16H,2,12-15H2,1H3. The van der Waals surface area contributed by atoms with Crippen molar-refractivity contribution in [1.29, 1.82) is 0 Å². The molecule has 2 heterocycles. The molecule has 1 aromatic heterocycles. The minimum Gasteiger partial charge on any atom is -0.492 e. The molecule has 1 fully saturated rings. The summed E-state index contributed by atoms with van der Waals surface area (Å²) in [6.45, 7) is 5.39. The SMILES string of the molecule is CCOc1ccccc1N1CCN(C(=O)c2cnn(-c3ccccc3)n2)CC1. The fraction of sp³-hybridized carbons (Fsp3) is 0.286. The Morgan fingerprint density at radius 2 is 1.71 bits per heavy atom. The summed E-state index contributed by atoms with van der Waals surface area (Å²) in [7, 11) is 0. The lowest BCUT2D eigenvalue weighted by Crippen LogP contribution is -2.49. The van der Waals surface area contributed by atoms with Crippen LogP contribution in [0.25, 0.3) is 5.69 Å². The fourth-order valence-electron chi connectivity index (χ4n) is 3.36. The first-order valence-corrected chi connectivity index (χ1v) is 9.50. The highest BCUT2D eigenvalue weighted by Gasteiger charge is 2.25. The van der Waals surface area contributed by atoms with Crippen molar-refractivity contribution in [3.63, 3.8) is 0 Å². The average molecular weight is 377 g/mol.